The van der Waals surface area contributed by atoms with Gasteiger partial charge in [-0.25, -0.2) is 0 Å². The van der Waals surface area contributed by atoms with Gasteiger partial charge in [-0.2, -0.15) is 0 Å². The molecular formula is C16H20N2O. The molecule has 2 N–H and O–H groups in total. The highest BCUT2D eigenvalue weighted by molar-refractivity contribution is 5.39. The van der Waals surface area contributed by atoms with Crippen LogP contribution in [0.3, 0.4) is 0 Å². The van der Waals surface area contributed by atoms with Crippen LogP contribution in [0.5, 0.6) is 5.75 Å². The molecule has 2 aromatic rings. The molecule has 19 heavy (non-hydrogen) atoms. The molecule has 2 rings (SSSR count). The molecule has 3 heteroatoms. The number of ether oxygens (including phenoxy) is 1. The first-order chi connectivity index (χ1) is 9.04. The van der Waals surface area contributed by atoms with Crippen LogP contribution in [0.15, 0.2) is 42.7 Å². The van der Waals surface area contributed by atoms with Crippen molar-refractivity contribution in [2.75, 3.05) is 6.61 Å². The average Bonchev–Trinajstić information content (AvgIpc) is 2.39. The van der Waals surface area contributed by atoms with Gasteiger partial charge in [-0.15, -0.1) is 0 Å². The smallest absolute Gasteiger partial charge is 0.137 e. The molecule has 1 heterocycles. The van der Waals surface area contributed by atoms with Gasteiger partial charge < -0.3 is 10.5 Å². The predicted molar refractivity (Wildman–Crippen MR) is 77.2 cm³/mol. The Morgan fingerprint density at radius 3 is 2.68 bits per heavy atom. The van der Waals surface area contributed by atoms with Gasteiger partial charge >= 0.3 is 0 Å². The van der Waals surface area contributed by atoms with Crippen LogP contribution in [0, 0.1) is 6.92 Å². The van der Waals surface area contributed by atoms with Crippen LogP contribution in [-0.2, 0) is 5.54 Å². The van der Waals surface area contributed by atoms with E-state index in [0.29, 0.717) is 6.61 Å². The van der Waals surface area contributed by atoms with Crippen molar-refractivity contribution in [1.82, 2.24) is 4.98 Å². The number of nitrogens with zero attached hydrogens (tertiary/aromatic N) is 1. The standard InChI is InChI=1S/C16H20N2O/c1-4-19-15-9-14(10-18-11-15)16(3,17)13-7-5-6-12(2)8-13/h5-11H,4,17H2,1-3H3. The quantitative estimate of drug-likeness (QED) is 0.914. The molecule has 0 aliphatic heterocycles. The second kappa shape index (κ2) is 5.41. The van der Waals surface area contributed by atoms with Crippen LogP contribution >= 0.6 is 0 Å². The third-order valence-corrected chi connectivity index (χ3v) is 3.24. The Morgan fingerprint density at radius 1 is 1.21 bits per heavy atom. The molecule has 1 atom stereocenters. The first-order valence-corrected chi connectivity index (χ1v) is 6.48. The number of aryl methyl sites for hydroxylation is 1. The third-order valence-electron chi connectivity index (χ3n) is 3.24. The van der Waals surface area contributed by atoms with Crippen molar-refractivity contribution < 1.29 is 4.74 Å². The van der Waals surface area contributed by atoms with E-state index in [2.05, 4.69) is 24.0 Å². The van der Waals surface area contributed by atoms with E-state index in [4.69, 9.17) is 10.5 Å². The molecule has 0 aliphatic rings. The Balaban J connectivity index is 2.41. The lowest BCUT2D eigenvalue weighted by atomic mass is 9.86. The van der Waals surface area contributed by atoms with E-state index in [1.165, 1.54) is 5.56 Å². The molecule has 0 saturated carbocycles. The van der Waals surface area contributed by atoms with Crippen molar-refractivity contribution >= 4 is 0 Å². The average molecular weight is 256 g/mol. The van der Waals surface area contributed by atoms with Crippen molar-refractivity contribution in [3.63, 3.8) is 0 Å². The van der Waals surface area contributed by atoms with Gasteiger partial charge in [0.05, 0.1) is 18.3 Å². The van der Waals surface area contributed by atoms with Crippen LogP contribution < -0.4 is 10.5 Å². The summed E-state index contributed by atoms with van der Waals surface area (Å²) >= 11 is 0. The number of benzene rings is 1. The second-order valence-corrected chi connectivity index (χ2v) is 4.91. The molecule has 1 unspecified atom stereocenters. The molecule has 0 aliphatic carbocycles. The van der Waals surface area contributed by atoms with Gasteiger partial charge in [-0.3, -0.25) is 4.98 Å². The van der Waals surface area contributed by atoms with E-state index >= 15 is 0 Å². The number of hydrogen-bond donors (Lipinski definition) is 1. The summed E-state index contributed by atoms with van der Waals surface area (Å²) in [5.41, 5.74) is 9.14. The summed E-state index contributed by atoms with van der Waals surface area (Å²) in [5.74, 6) is 0.754. The maximum atomic E-state index is 6.50. The largest absolute Gasteiger partial charge is 0.492 e. The number of aromatic nitrogens is 1. The summed E-state index contributed by atoms with van der Waals surface area (Å²) in [4.78, 5) is 4.21. The number of pyridine rings is 1. The van der Waals surface area contributed by atoms with Crippen molar-refractivity contribution in [3.05, 3.63) is 59.4 Å². The van der Waals surface area contributed by atoms with Gasteiger partial charge in [-0.1, -0.05) is 29.8 Å². The van der Waals surface area contributed by atoms with Gasteiger partial charge in [0.25, 0.3) is 0 Å². The number of hydrogen-bond acceptors (Lipinski definition) is 3. The lowest BCUT2D eigenvalue weighted by Gasteiger charge is -2.26. The fraction of sp³-hybridized carbons (Fsp3) is 0.312. The minimum Gasteiger partial charge on any atom is -0.492 e. The van der Waals surface area contributed by atoms with Gasteiger partial charge in [0.2, 0.25) is 0 Å². The minimum atomic E-state index is -0.577. The van der Waals surface area contributed by atoms with E-state index in [-0.39, 0.29) is 0 Å². The topological polar surface area (TPSA) is 48.1 Å². The molecule has 0 radical (unpaired) electrons. The Morgan fingerprint density at radius 2 is 2.00 bits per heavy atom. The first-order valence-electron chi connectivity index (χ1n) is 6.48. The molecule has 0 bridgehead atoms. The normalized spacial score (nSPS) is 13.9. The molecule has 1 aromatic heterocycles. The summed E-state index contributed by atoms with van der Waals surface area (Å²) in [6.45, 7) is 6.63. The molecule has 0 saturated heterocycles. The van der Waals surface area contributed by atoms with E-state index in [1.54, 1.807) is 12.4 Å². The summed E-state index contributed by atoms with van der Waals surface area (Å²) in [6, 6.07) is 10.2. The van der Waals surface area contributed by atoms with Crippen molar-refractivity contribution in [2.45, 2.75) is 26.3 Å². The van der Waals surface area contributed by atoms with Crippen molar-refractivity contribution in [1.29, 1.82) is 0 Å². The lowest BCUT2D eigenvalue weighted by molar-refractivity contribution is 0.337. The summed E-state index contributed by atoms with van der Waals surface area (Å²) in [6.07, 6.45) is 3.50. The molecule has 0 spiro atoms. The summed E-state index contributed by atoms with van der Waals surface area (Å²) in [7, 11) is 0. The highest BCUT2D eigenvalue weighted by atomic mass is 16.5. The molecule has 0 fully saturated rings. The Labute approximate surface area is 114 Å². The zero-order chi connectivity index (χ0) is 13.9. The van der Waals surface area contributed by atoms with E-state index in [9.17, 15) is 0 Å². The van der Waals surface area contributed by atoms with E-state index in [0.717, 1.165) is 16.9 Å². The minimum absolute atomic E-state index is 0.577. The van der Waals surface area contributed by atoms with Crippen LogP contribution in [0.1, 0.15) is 30.5 Å². The Hall–Kier alpha value is -1.87. The maximum absolute atomic E-state index is 6.50. The summed E-state index contributed by atoms with van der Waals surface area (Å²) in [5, 5.41) is 0. The summed E-state index contributed by atoms with van der Waals surface area (Å²) < 4.78 is 5.48. The van der Waals surface area contributed by atoms with Gasteiger partial charge in [0.15, 0.2) is 0 Å². The molecular weight excluding hydrogens is 236 g/mol. The van der Waals surface area contributed by atoms with Crippen LogP contribution in [0.2, 0.25) is 0 Å². The third kappa shape index (κ3) is 2.93. The van der Waals surface area contributed by atoms with Gasteiger partial charge in [0, 0.05) is 6.20 Å². The predicted octanol–water partition coefficient (Wildman–Crippen LogP) is 3.01. The zero-order valence-electron chi connectivity index (χ0n) is 11.7. The van der Waals surface area contributed by atoms with Crippen molar-refractivity contribution in [3.8, 4) is 5.75 Å². The number of nitrogens with two attached hydrogens (primary N) is 1. The monoisotopic (exact) mass is 256 g/mol. The Kier molecular flexibility index (Phi) is 3.86. The maximum Gasteiger partial charge on any atom is 0.137 e. The lowest BCUT2D eigenvalue weighted by Crippen LogP contribution is -2.34. The van der Waals surface area contributed by atoms with Gasteiger partial charge in [0.1, 0.15) is 5.75 Å². The van der Waals surface area contributed by atoms with Crippen LogP contribution in [-0.4, -0.2) is 11.6 Å². The zero-order valence-corrected chi connectivity index (χ0v) is 11.7. The SMILES string of the molecule is CCOc1cncc(C(C)(N)c2cccc(C)c2)c1. The van der Waals surface area contributed by atoms with Crippen LogP contribution in [0.25, 0.3) is 0 Å². The Bertz CT molecular complexity index is 564. The highest BCUT2D eigenvalue weighted by Crippen LogP contribution is 2.28. The number of rotatable bonds is 4. The second-order valence-electron chi connectivity index (χ2n) is 4.91. The van der Waals surface area contributed by atoms with Crippen LogP contribution in [0.4, 0.5) is 0 Å². The molecule has 100 valence electrons. The molecule has 0 amide bonds. The van der Waals surface area contributed by atoms with Gasteiger partial charge in [-0.05, 0) is 38.0 Å². The molecule has 3 nitrogen and oxygen atoms in total. The fourth-order valence-electron chi connectivity index (χ4n) is 2.08. The fourth-order valence-corrected chi connectivity index (χ4v) is 2.08. The molecule has 1 aromatic carbocycles. The highest BCUT2D eigenvalue weighted by Gasteiger charge is 2.24. The van der Waals surface area contributed by atoms with Crippen molar-refractivity contribution in [2.24, 2.45) is 5.73 Å². The van der Waals surface area contributed by atoms with E-state index < -0.39 is 5.54 Å². The first kappa shape index (κ1) is 13.6. The van der Waals surface area contributed by atoms with E-state index in [1.807, 2.05) is 32.0 Å².